The smallest absolute Gasteiger partial charge is 0.337 e. The molecule has 0 aliphatic rings. The van der Waals surface area contributed by atoms with Crippen LogP contribution in [-0.4, -0.2) is 33.7 Å². The summed E-state index contributed by atoms with van der Waals surface area (Å²) in [5.74, 6) is -1.19. The van der Waals surface area contributed by atoms with Gasteiger partial charge in [-0.15, -0.1) is 5.10 Å². The minimum atomic E-state index is -1.15. The van der Waals surface area contributed by atoms with Crippen LogP contribution in [0, 0.1) is 6.92 Å². The quantitative estimate of drug-likeness (QED) is 0.891. The summed E-state index contributed by atoms with van der Waals surface area (Å²) in [4.78, 5) is 23.6. The molecule has 0 atom stereocenters. The Hall–Kier alpha value is -2.48. The lowest BCUT2D eigenvalue weighted by Gasteiger charge is -2.09. The van der Waals surface area contributed by atoms with E-state index >= 15 is 0 Å². The maximum Gasteiger partial charge on any atom is 0.337 e. The molecule has 20 heavy (non-hydrogen) atoms. The van der Waals surface area contributed by atoms with Crippen LogP contribution < -0.4 is 10.1 Å². The number of rotatable bonds is 4. The monoisotopic (exact) mass is 293 g/mol. The number of ether oxygens (including phenoxy) is 1. The van der Waals surface area contributed by atoms with E-state index in [9.17, 15) is 9.59 Å². The molecule has 1 aromatic heterocycles. The summed E-state index contributed by atoms with van der Waals surface area (Å²) in [5.41, 5.74) is 0.641. The van der Waals surface area contributed by atoms with Crippen LogP contribution in [0.25, 0.3) is 0 Å². The van der Waals surface area contributed by atoms with Gasteiger partial charge in [-0.2, -0.15) is 0 Å². The van der Waals surface area contributed by atoms with E-state index in [-0.39, 0.29) is 11.3 Å². The summed E-state index contributed by atoms with van der Waals surface area (Å²) < 4.78 is 8.63. The van der Waals surface area contributed by atoms with Crippen LogP contribution in [0.5, 0.6) is 5.75 Å². The molecular formula is C12H11N3O4S. The van der Waals surface area contributed by atoms with E-state index in [1.807, 2.05) is 0 Å². The molecule has 0 aliphatic heterocycles. The number of nitrogens with zero attached hydrogens (tertiary/aromatic N) is 2. The molecule has 2 aromatic rings. The Morgan fingerprint density at radius 3 is 2.70 bits per heavy atom. The summed E-state index contributed by atoms with van der Waals surface area (Å²) in [7, 11) is 1.44. The van der Waals surface area contributed by atoms with Gasteiger partial charge in [0.15, 0.2) is 0 Å². The van der Waals surface area contributed by atoms with E-state index in [0.717, 1.165) is 11.5 Å². The molecule has 1 heterocycles. The number of hydrogen-bond donors (Lipinski definition) is 2. The van der Waals surface area contributed by atoms with Crippen LogP contribution in [0.3, 0.4) is 0 Å². The molecule has 0 saturated carbocycles. The number of carbonyl (C=O) groups excluding carboxylic acids is 1. The third-order valence-electron chi connectivity index (χ3n) is 2.56. The van der Waals surface area contributed by atoms with Gasteiger partial charge in [0, 0.05) is 0 Å². The first-order valence-corrected chi connectivity index (χ1v) is 6.32. The van der Waals surface area contributed by atoms with Crippen molar-refractivity contribution in [1.29, 1.82) is 0 Å². The lowest BCUT2D eigenvalue weighted by molar-refractivity contribution is 0.0697. The molecule has 8 heteroatoms. The predicted octanol–water partition coefficient (Wildman–Crippen LogP) is 1.81. The number of methoxy groups -OCH3 is 1. The fourth-order valence-electron chi connectivity index (χ4n) is 1.56. The number of amides is 1. The Labute approximate surface area is 118 Å². The molecule has 0 bridgehead atoms. The van der Waals surface area contributed by atoms with Crippen molar-refractivity contribution in [3.8, 4) is 5.75 Å². The number of aromatic nitrogens is 2. The Bertz CT molecular complexity index is 668. The molecule has 104 valence electrons. The van der Waals surface area contributed by atoms with Crippen LogP contribution in [0.2, 0.25) is 0 Å². The number of carboxylic acids is 1. The fraction of sp³-hybridized carbons (Fsp3) is 0.167. The van der Waals surface area contributed by atoms with Gasteiger partial charge in [-0.05, 0) is 36.7 Å². The average molecular weight is 293 g/mol. The summed E-state index contributed by atoms with van der Waals surface area (Å²) in [6, 6.07) is 4.39. The van der Waals surface area contributed by atoms with E-state index < -0.39 is 11.9 Å². The molecular weight excluding hydrogens is 282 g/mol. The zero-order valence-corrected chi connectivity index (χ0v) is 11.5. The normalized spacial score (nSPS) is 10.1. The van der Waals surface area contributed by atoms with Crippen LogP contribution in [0.1, 0.15) is 25.7 Å². The highest BCUT2D eigenvalue weighted by Gasteiger charge is 2.17. The minimum Gasteiger partial charge on any atom is -0.497 e. The first-order valence-electron chi connectivity index (χ1n) is 5.54. The third kappa shape index (κ3) is 2.75. The van der Waals surface area contributed by atoms with Crippen LogP contribution in [0.4, 0.5) is 5.69 Å². The van der Waals surface area contributed by atoms with Crippen molar-refractivity contribution in [2.24, 2.45) is 0 Å². The van der Waals surface area contributed by atoms with Crippen LogP contribution >= 0.6 is 11.5 Å². The molecule has 0 fully saturated rings. The van der Waals surface area contributed by atoms with Crippen molar-refractivity contribution in [3.63, 3.8) is 0 Å². The standard InChI is InChI=1S/C12H11N3O4S/c1-6-10(20-15-14-6)11(16)13-9-4-3-7(19-2)5-8(9)12(17)18/h3-5H,1-2H3,(H,13,16)(H,17,18). The van der Waals surface area contributed by atoms with E-state index in [4.69, 9.17) is 9.84 Å². The highest BCUT2D eigenvalue weighted by molar-refractivity contribution is 7.08. The molecule has 2 rings (SSSR count). The van der Waals surface area contributed by atoms with Gasteiger partial charge < -0.3 is 15.2 Å². The molecule has 2 N–H and O–H groups in total. The number of anilines is 1. The molecule has 0 unspecified atom stereocenters. The van der Waals surface area contributed by atoms with Crippen molar-refractivity contribution < 1.29 is 19.4 Å². The lowest BCUT2D eigenvalue weighted by atomic mass is 10.1. The molecule has 0 aliphatic carbocycles. The topological polar surface area (TPSA) is 101 Å². The van der Waals surface area contributed by atoms with Crippen molar-refractivity contribution in [3.05, 3.63) is 34.3 Å². The number of aryl methyl sites for hydroxylation is 1. The van der Waals surface area contributed by atoms with Crippen molar-refractivity contribution in [2.45, 2.75) is 6.92 Å². The maximum atomic E-state index is 12.0. The van der Waals surface area contributed by atoms with Gasteiger partial charge in [0.25, 0.3) is 5.91 Å². The van der Waals surface area contributed by atoms with Crippen LogP contribution in [-0.2, 0) is 0 Å². The lowest BCUT2D eigenvalue weighted by Crippen LogP contribution is -2.14. The Morgan fingerprint density at radius 1 is 1.40 bits per heavy atom. The van der Waals surface area contributed by atoms with Gasteiger partial charge in [-0.3, -0.25) is 4.79 Å². The highest BCUT2D eigenvalue weighted by Crippen LogP contribution is 2.23. The third-order valence-corrected chi connectivity index (χ3v) is 3.39. The Kier molecular flexibility index (Phi) is 3.94. The second-order valence-electron chi connectivity index (χ2n) is 3.86. The number of aromatic carboxylic acids is 1. The number of carbonyl (C=O) groups is 2. The fourth-order valence-corrected chi connectivity index (χ4v) is 2.11. The van der Waals surface area contributed by atoms with Gasteiger partial charge in [-0.1, -0.05) is 4.49 Å². The molecule has 1 aromatic carbocycles. The second kappa shape index (κ2) is 5.66. The van der Waals surface area contributed by atoms with E-state index in [1.54, 1.807) is 13.0 Å². The van der Waals surface area contributed by atoms with Gasteiger partial charge in [0.05, 0.1) is 24.1 Å². The molecule has 0 saturated heterocycles. The Morgan fingerprint density at radius 2 is 2.15 bits per heavy atom. The average Bonchev–Trinajstić information content (AvgIpc) is 2.85. The number of carboxylic acid groups (broad SMARTS) is 1. The highest BCUT2D eigenvalue weighted by atomic mass is 32.1. The second-order valence-corrected chi connectivity index (χ2v) is 4.61. The number of nitrogens with one attached hydrogen (secondary N) is 1. The molecule has 1 amide bonds. The van der Waals surface area contributed by atoms with Gasteiger partial charge in [-0.25, -0.2) is 4.79 Å². The number of hydrogen-bond acceptors (Lipinski definition) is 6. The van der Waals surface area contributed by atoms with Gasteiger partial charge >= 0.3 is 5.97 Å². The van der Waals surface area contributed by atoms with Gasteiger partial charge in [0.1, 0.15) is 10.6 Å². The summed E-state index contributed by atoms with van der Waals surface area (Å²) in [5, 5.41) is 15.4. The Balaban J connectivity index is 2.32. The first-order chi connectivity index (χ1) is 9.52. The number of benzene rings is 1. The summed E-state index contributed by atoms with van der Waals surface area (Å²) in [6.45, 7) is 1.66. The zero-order chi connectivity index (χ0) is 14.7. The molecule has 7 nitrogen and oxygen atoms in total. The first kappa shape index (κ1) is 13.9. The largest absolute Gasteiger partial charge is 0.497 e. The minimum absolute atomic E-state index is 0.0483. The van der Waals surface area contributed by atoms with Gasteiger partial charge in [0.2, 0.25) is 0 Å². The summed E-state index contributed by atoms with van der Waals surface area (Å²) in [6.07, 6.45) is 0. The maximum absolute atomic E-state index is 12.0. The summed E-state index contributed by atoms with van der Waals surface area (Å²) >= 11 is 0.954. The molecule has 0 spiro atoms. The SMILES string of the molecule is COc1ccc(NC(=O)c2snnc2C)c(C(=O)O)c1. The predicted molar refractivity (Wildman–Crippen MR) is 72.6 cm³/mol. The van der Waals surface area contributed by atoms with Crippen LogP contribution in [0.15, 0.2) is 18.2 Å². The van der Waals surface area contributed by atoms with Crippen molar-refractivity contribution >= 4 is 29.1 Å². The van der Waals surface area contributed by atoms with E-state index in [2.05, 4.69) is 14.9 Å². The zero-order valence-electron chi connectivity index (χ0n) is 10.7. The van der Waals surface area contributed by atoms with E-state index in [1.165, 1.54) is 19.2 Å². The van der Waals surface area contributed by atoms with E-state index in [0.29, 0.717) is 16.3 Å². The molecule has 0 radical (unpaired) electrons. The van der Waals surface area contributed by atoms with Crippen molar-refractivity contribution in [2.75, 3.05) is 12.4 Å². The van der Waals surface area contributed by atoms with Crippen molar-refractivity contribution in [1.82, 2.24) is 9.59 Å².